The van der Waals surface area contributed by atoms with E-state index in [1.807, 2.05) is 68.1 Å². The van der Waals surface area contributed by atoms with Gasteiger partial charge >= 0.3 is 12.2 Å². The zero-order valence-electron chi connectivity index (χ0n) is 37.4. The average Bonchev–Trinajstić information content (AvgIpc) is 4.20. The molecule has 0 bridgehead atoms. The molecule has 3 saturated heterocycles. The van der Waals surface area contributed by atoms with Crippen molar-refractivity contribution in [2.75, 3.05) is 34.0 Å². The van der Waals surface area contributed by atoms with Crippen LogP contribution in [0.4, 0.5) is 9.59 Å². The van der Waals surface area contributed by atoms with Crippen LogP contribution in [0.2, 0.25) is 0 Å². The number of likely N-dealkylation sites (tertiary alicyclic amines) is 2. The van der Waals surface area contributed by atoms with Crippen LogP contribution >= 0.6 is 0 Å². The van der Waals surface area contributed by atoms with Gasteiger partial charge in [-0.1, -0.05) is 80.6 Å². The molecule has 10 rings (SSSR count). The summed E-state index contributed by atoms with van der Waals surface area (Å²) in [5, 5.41) is 9.52. The molecule has 3 aliphatic heterocycles. The normalized spacial score (nSPS) is 20.2. The number of nitrogens with one attached hydrogen (secondary N) is 4. The lowest BCUT2D eigenvalue weighted by Gasteiger charge is -2.31. The molecule has 4 N–H and O–H groups in total. The van der Waals surface area contributed by atoms with Crippen LogP contribution in [-0.4, -0.2) is 106 Å². The van der Waals surface area contributed by atoms with E-state index in [2.05, 4.69) is 69.1 Å². The number of imidazole rings is 2. The Balaban J connectivity index is 0.930. The van der Waals surface area contributed by atoms with Crippen molar-refractivity contribution in [2.24, 2.45) is 5.92 Å². The third-order valence-electron chi connectivity index (χ3n) is 13.5. The van der Waals surface area contributed by atoms with Crippen molar-refractivity contribution in [3.05, 3.63) is 108 Å². The van der Waals surface area contributed by atoms with Crippen LogP contribution in [0.5, 0.6) is 0 Å². The second kappa shape index (κ2) is 17.1. The molecule has 340 valence electrons. The number of benzene rings is 5. The maximum absolute atomic E-state index is 14.3. The van der Waals surface area contributed by atoms with Gasteiger partial charge in [-0.05, 0) is 77.4 Å². The van der Waals surface area contributed by atoms with Crippen molar-refractivity contribution in [1.82, 2.24) is 40.4 Å². The number of aromatic nitrogens is 4. The molecule has 5 aromatic carbocycles. The quantitative estimate of drug-likeness (QED) is 0.111. The van der Waals surface area contributed by atoms with Gasteiger partial charge in [-0.3, -0.25) is 9.59 Å². The summed E-state index contributed by atoms with van der Waals surface area (Å²) in [7, 11) is 2.56. The van der Waals surface area contributed by atoms with Crippen LogP contribution in [-0.2, 0) is 28.5 Å². The van der Waals surface area contributed by atoms with Crippen molar-refractivity contribution < 1.29 is 38.1 Å². The van der Waals surface area contributed by atoms with Crippen molar-refractivity contribution in [1.29, 1.82) is 0 Å². The molecule has 2 aromatic heterocycles. The summed E-state index contributed by atoms with van der Waals surface area (Å²) in [6.45, 7) is 6.85. The van der Waals surface area contributed by atoms with E-state index in [-0.39, 0.29) is 36.4 Å². The Bertz CT molecular complexity index is 3020. The second-order valence-electron chi connectivity index (χ2n) is 17.9. The van der Waals surface area contributed by atoms with Gasteiger partial charge in [0.15, 0.2) is 5.79 Å². The number of nitrogens with zero attached hydrogens (tertiary/aromatic N) is 4. The van der Waals surface area contributed by atoms with Gasteiger partial charge in [0.05, 0.1) is 68.1 Å². The zero-order valence-corrected chi connectivity index (χ0v) is 37.4. The summed E-state index contributed by atoms with van der Waals surface area (Å²) >= 11 is 0. The molecular weight excluding hydrogens is 841 g/mol. The van der Waals surface area contributed by atoms with Gasteiger partial charge in [0.2, 0.25) is 5.91 Å². The monoisotopic (exact) mass is 892 g/mol. The first-order valence-corrected chi connectivity index (χ1v) is 22.4. The maximum atomic E-state index is 14.3. The van der Waals surface area contributed by atoms with Crippen molar-refractivity contribution in [2.45, 2.75) is 76.0 Å². The van der Waals surface area contributed by atoms with E-state index in [9.17, 15) is 19.2 Å². The van der Waals surface area contributed by atoms with Gasteiger partial charge in [-0.15, -0.1) is 0 Å². The third kappa shape index (κ3) is 7.62. The first kappa shape index (κ1) is 42.9. The summed E-state index contributed by atoms with van der Waals surface area (Å²) in [6.07, 6.45) is 0.551. The lowest BCUT2D eigenvalue weighted by Crippen LogP contribution is -2.52. The summed E-state index contributed by atoms with van der Waals surface area (Å²) in [5.41, 5.74) is 6.07. The topological polar surface area (TPSA) is 193 Å². The first-order chi connectivity index (χ1) is 31.9. The Labute approximate surface area is 380 Å². The second-order valence-corrected chi connectivity index (χ2v) is 17.9. The molecule has 16 nitrogen and oxygen atoms in total. The van der Waals surface area contributed by atoms with Crippen LogP contribution in [0.15, 0.2) is 91.0 Å². The molecule has 3 aliphatic rings. The van der Waals surface area contributed by atoms with Crippen molar-refractivity contribution in [3.63, 3.8) is 0 Å². The van der Waals surface area contributed by atoms with Gasteiger partial charge in [0.1, 0.15) is 23.7 Å². The molecule has 4 amide bonds. The van der Waals surface area contributed by atoms with E-state index in [1.165, 1.54) is 14.2 Å². The lowest BCUT2D eigenvalue weighted by atomic mass is 9.98. The molecule has 5 heterocycles. The maximum Gasteiger partial charge on any atom is 0.407 e. The SMILES string of the molecule is COC(=O)N[C@H](C(=O)N1CC2(C[C@H]1c1nc3ccc4cc(-c5ccc6c(ccc7nc([C@@H]8CCC(C)N8C(=O)[C@H](NC(=O)OC)c8ccccc8)[nH]c76)c5)ccc4c3[nH]1)OCCO2)C(C)C. The Hall–Kier alpha value is -7.04. The van der Waals surface area contributed by atoms with Crippen LogP contribution in [0.25, 0.3) is 54.7 Å². The molecule has 1 unspecified atom stereocenters. The van der Waals surface area contributed by atoms with E-state index >= 15 is 0 Å². The van der Waals surface area contributed by atoms with Crippen LogP contribution in [0.3, 0.4) is 0 Å². The number of carbonyl (C=O) groups is 4. The average molecular weight is 893 g/mol. The Morgan fingerprint density at radius 2 is 1.30 bits per heavy atom. The van der Waals surface area contributed by atoms with Gasteiger partial charge in [-0.2, -0.15) is 0 Å². The van der Waals surface area contributed by atoms with E-state index < -0.39 is 36.1 Å². The number of aromatic amines is 2. The molecule has 0 saturated carbocycles. The standard InChI is InChI=1S/C50H52N8O8/c1-27(2)40(55-48(61)63-4)46(59)57-26-50(65-21-22-66-50)25-39(57)45-52-37-19-15-33-24-31(13-17-35(33)43(37)54-45)30-12-16-34-32(23-30)14-18-36-42(34)53-44(51-36)38-20-11-28(3)58(38)47(60)41(56-49(62)64-5)29-9-7-6-8-10-29/h6-10,12-19,23-24,27-28,38-41H,11,20-22,25-26H2,1-5H3,(H,51,53)(H,52,54)(H,55,61)(H,56,62)/t28?,38-,39-,40-,41+/m0/s1. The highest BCUT2D eigenvalue weighted by atomic mass is 16.7. The van der Waals surface area contributed by atoms with Crippen molar-refractivity contribution >= 4 is 67.6 Å². The van der Waals surface area contributed by atoms with Gasteiger partial charge in [0, 0.05) is 23.2 Å². The number of rotatable bonds is 9. The number of alkyl carbamates (subject to hydrolysis) is 2. The number of carbonyl (C=O) groups excluding carboxylic acids is 4. The fourth-order valence-electron chi connectivity index (χ4n) is 10.1. The number of amides is 4. The smallest absolute Gasteiger partial charge is 0.407 e. The lowest BCUT2D eigenvalue weighted by molar-refractivity contribution is -0.153. The molecule has 5 atom stereocenters. The third-order valence-corrected chi connectivity index (χ3v) is 13.5. The predicted octanol–water partition coefficient (Wildman–Crippen LogP) is 7.96. The molecule has 7 aromatic rings. The van der Waals surface area contributed by atoms with Gasteiger partial charge in [0.25, 0.3) is 5.91 Å². The first-order valence-electron chi connectivity index (χ1n) is 22.4. The van der Waals surface area contributed by atoms with E-state index in [4.69, 9.17) is 28.9 Å². The summed E-state index contributed by atoms with van der Waals surface area (Å²) in [5.74, 6) is -0.326. The number of H-pyrrole nitrogens is 2. The summed E-state index contributed by atoms with van der Waals surface area (Å²) in [4.78, 5) is 73.9. The zero-order chi connectivity index (χ0) is 45.9. The molecule has 1 spiro atoms. The fraction of sp³-hybridized carbons (Fsp3) is 0.360. The van der Waals surface area contributed by atoms with Crippen LogP contribution < -0.4 is 10.6 Å². The molecule has 0 aliphatic carbocycles. The van der Waals surface area contributed by atoms with Crippen LogP contribution in [0.1, 0.15) is 75.4 Å². The van der Waals surface area contributed by atoms with Crippen molar-refractivity contribution in [3.8, 4) is 11.1 Å². The minimum atomic E-state index is -0.955. The van der Waals surface area contributed by atoms with Gasteiger partial charge in [-0.25, -0.2) is 19.6 Å². The number of hydrogen-bond acceptors (Lipinski definition) is 10. The van der Waals surface area contributed by atoms with E-state index in [1.54, 1.807) is 4.90 Å². The number of hydrogen-bond donors (Lipinski definition) is 4. The summed E-state index contributed by atoms with van der Waals surface area (Å²) < 4.78 is 21.9. The Kier molecular flexibility index (Phi) is 11.1. The molecular formula is C50H52N8O8. The number of methoxy groups -OCH3 is 2. The van der Waals surface area contributed by atoms with Crippen LogP contribution in [0, 0.1) is 5.92 Å². The summed E-state index contributed by atoms with van der Waals surface area (Å²) in [6, 6.07) is 27.5. The highest BCUT2D eigenvalue weighted by molar-refractivity contribution is 6.07. The minimum absolute atomic E-state index is 0.0717. The van der Waals surface area contributed by atoms with E-state index in [0.717, 1.165) is 67.6 Å². The van der Waals surface area contributed by atoms with Gasteiger partial charge < -0.3 is 49.3 Å². The molecule has 3 fully saturated rings. The molecule has 16 heteroatoms. The predicted molar refractivity (Wildman–Crippen MR) is 247 cm³/mol. The molecule has 0 radical (unpaired) electrons. The minimum Gasteiger partial charge on any atom is -0.453 e. The highest BCUT2D eigenvalue weighted by Crippen LogP contribution is 2.44. The highest BCUT2D eigenvalue weighted by Gasteiger charge is 2.53. The van der Waals surface area contributed by atoms with E-state index in [0.29, 0.717) is 36.8 Å². The Morgan fingerprint density at radius 1 is 0.727 bits per heavy atom. The largest absolute Gasteiger partial charge is 0.453 e. The fourth-order valence-corrected chi connectivity index (χ4v) is 10.1. The number of ether oxygens (including phenoxy) is 4. The Morgan fingerprint density at radius 3 is 1.88 bits per heavy atom. The number of fused-ring (bicyclic) bond motifs is 6. The molecule has 66 heavy (non-hydrogen) atoms.